The van der Waals surface area contributed by atoms with Gasteiger partial charge in [-0.3, -0.25) is 0 Å². The minimum absolute atomic E-state index is 0.0372. The van der Waals surface area contributed by atoms with E-state index in [1.54, 1.807) is 0 Å². The van der Waals surface area contributed by atoms with E-state index in [0.717, 1.165) is 5.00 Å². The molecule has 0 radical (unpaired) electrons. The summed E-state index contributed by atoms with van der Waals surface area (Å²) in [6, 6.07) is 0. The zero-order valence-electron chi connectivity index (χ0n) is 12.3. The van der Waals surface area contributed by atoms with Gasteiger partial charge >= 0.3 is 5.97 Å². The Bertz CT molecular complexity index is 446. The zero-order valence-corrected chi connectivity index (χ0v) is 13.1. The number of hydrogen-bond donors (Lipinski definition) is 2. The molecule has 0 saturated carbocycles. The molecular formula is C13H22N2O4S. The van der Waals surface area contributed by atoms with E-state index in [2.05, 4.69) is 5.32 Å². The van der Waals surface area contributed by atoms with E-state index in [-0.39, 0.29) is 6.10 Å². The van der Waals surface area contributed by atoms with Crippen molar-refractivity contribution in [3.8, 4) is 5.75 Å². The van der Waals surface area contributed by atoms with Crippen LogP contribution in [0.25, 0.3) is 0 Å². The van der Waals surface area contributed by atoms with Gasteiger partial charge in [-0.2, -0.15) is 0 Å². The highest BCUT2D eigenvalue weighted by molar-refractivity contribution is 7.19. The highest BCUT2D eigenvalue weighted by Gasteiger charge is 2.23. The fourth-order valence-corrected chi connectivity index (χ4v) is 2.52. The van der Waals surface area contributed by atoms with Crippen LogP contribution in [0, 0.1) is 0 Å². The Balaban J connectivity index is 2.91. The van der Waals surface area contributed by atoms with Crippen molar-refractivity contribution >= 4 is 28.0 Å². The minimum Gasteiger partial charge on any atom is -0.486 e. The Kier molecular flexibility index (Phi) is 6.60. The second-order valence-corrected chi connectivity index (χ2v) is 5.31. The van der Waals surface area contributed by atoms with Gasteiger partial charge in [0.05, 0.1) is 19.8 Å². The van der Waals surface area contributed by atoms with E-state index in [1.807, 2.05) is 20.8 Å². The molecule has 6 nitrogen and oxygen atoms in total. The summed E-state index contributed by atoms with van der Waals surface area (Å²) in [5.41, 5.74) is 6.29. The molecular weight excluding hydrogens is 280 g/mol. The van der Waals surface area contributed by atoms with Gasteiger partial charge in [-0.25, -0.2) is 4.79 Å². The van der Waals surface area contributed by atoms with Gasteiger partial charge in [0.15, 0.2) is 5.75 Å². The highest BCUT2D eigenvalue weighted by Crippen LogP contribution is 2.43. The summed E-state index contributed by atoms with van der Waals surface area (Å²) in [5, 5.41) is 3.89. The number of thiophene rings is 1. The number of anilines is 2. The number of nitrogens with one attached hydrogen (secondary N) is 1. The molecule has 0 aliphatic carbocycles. The summed E-state index contributed by atoms with van der Waals surface area (Å²) < 4.78 is 15.7. The number of hydrogen-bond acceptors (Lipinski definition) is 7. The lowest BCUT2D eigenvalue weighted by Gasteiger charge is -2.12. The third-order valence-electron chi connectivity index (χ3n) is 2.36. The molecule has 0 bridgehead atoms. The van der Waals surface area contributed by atoms with E-state index in [4.69, 9.17) is 19.9 Å². The first-order chi connectivity index (χ1) is 9.51. The largest absolute Gasteiger partial charge is 0.486 e. The van der Waals surface area contributed by atoms with Crippen LogP contribution in [0.5, 0.6) is 5.75 Å². The average molecular weight is 302 g/mol. The Labute approximate surface area is 123 Å². The summed E-state index contributed by atoms with van der Waals surface area (Å²) in [6.07, 6.45) is -0.0372. The topological polar surface area (TPSA) is 82.8 Å². The second-order valence-electron chi connectivity index (χ2n) is 4.28. The summed E-state index contributed by atoms with van der Waals surface area (Å²) in [6.45, 7) is 7.59. The second kappa shape index (κ2) is 7.96. The van der Waals surface area contributed by atoms with Crippen molar-refractivity contribution in [2.45, 2.75) is 26.9 Å². The number of ether oxygens (including phenoxy) is 3. The van der Waals surface area contributed by atoms with Crippen molar-refractivity contribution < 1.29 is 19.0 Å². The standard InChI is InChI=1S/C13H22N2O4S/c1-5-18-7-6-15-12-10(19-8(2)3)9(14)11(20-12)13(16)17-4/h8,15H,5-7,14H2,1-4H3. The molecule has 7 heteroatoms. The SMILES string of the molecule is CCOCCNc1sc(C(=O)OC)c(N)c1OC(C)C. The molecule has 0 aliphatic heterocycles. The number of nitrogens with two attached hydrogens (primary N) is 1. The summed E-state index contributed by atoms with van der Waals surface area (Å²) in [4.78, 5) is 12.0. The fraction of sp³-hybridized carbons (Fsp3) is 0.615. The van der Waals surface area contributed by atoms with E-state index in [0.29, 0.717) is 36.1 Å². The quantitative estimate of drug-likeness (QED) is 0.566. The number of rotatable bonds is 8. The van der Waals surface area contributed by atoms with Crippen molar-refractivity contribution in [1.82, 2.24) is 0 Å². The average Bonchev–Trinajstić information content (AvgIpc) is 2.71. The summed E-state index contributed by atoms with van der Waals surface area (Å²) in [5.74, 6) is 0.0425. The Hall–Kier alpha value is -1.47. The van der Waals surface area contributed by atoms with Crippen LogP contribution in [0.2, 0.25) is 0 Å². The Morgan fingerprint density at radius 3 is 2.70 bits per heavy atom. The van der Waals surface area contributed by atoms with Crippen LogP contribution in [0.3, 0.4) is 0 Å². The first-order valence-electron chi connectivity index (χ1n) is 6.50. The molecule has 0 aliphatic rings. The van der Waals surface area contributed by atoms with Gasteiger partial charge < -0.3 is 25.3 Å². The first kappa shape index (κ1) is 16.6. The zero-order chi connectivity index (χ0) is 15.1. The summed E-state index contributed by atoms with van der Waals surface area (Å²) >= 11 is 1.23. The lowest BCUT2D eigenvalue weighted by Crippen LogP contribution is -2.11. The number of methoxy groups -OCH3 is 1. The number of esters is 1. The lowest BCUT2D eigenvalue weighted by atomic mass is 10.3. The molecule has 1 heterocycles. The molecule has 1 aromatic rings. The van der Waals surface area contributed by atoms with Gasteiger partial charge in [0.2, 0.25) is 0 Å². The van der Waals surface area contributed by atoms with Crippen molar-refractivity contribution in [1.29, 1.82) is 0 Å². The minimum atomic E-state index is -0.459. The predicted molar refractivity (Wildman–Crippen MR) is 80.8 cm³/mol. The van der Waals surface area contributed by atoms with Crippen LogP contribution in [0.1, 0.15) is 30.4 Å². The van der Waals surface area contributed by atoms with Gasteiger partial charge in [0.1, 0.15) is 15.6 Å². The Morgan fingerprint density at radius 1 is 1.45 bits per heavy atom. The van der Waals surface area contributed by atoms with Gasteiger partial charge in [0, 0.05) is 13.2 Å². The first-order valence-corrected chi connectivity index (χ1v) is 7.31. The normalized spacial score (nSPS) is 10.7. The molecule has 0 fully saturated rings. The maximum atomic E-state index is 11.7. The maximum absolute atomic E-state index is 11.7. The van der Waals surface area contributed by atoms with Gasteiger partial charge in [-0.15, -0.1) is 11.3 Å². The number of carbonyl (C=O) groups excluding carboxylic acids is 1. The number of carbonyl (C=O) groups is 1. The monoisotopic (exact) mass is 302 g/mol. The molecule has 20 heavy (non-hydrogen) atoms. The van der Waals surface area contributed by atoms with E-state index in [9.17, 15) is 4.79 Å². The van der Waals surface area contributed by atoms with Crippen molar-refractivity contribution in [3.63, 3.8) is 0 Å². The van der Waals surface area contributed by atoms with Crippen LogP contribution in [-0.4, -0.2) is 38.9 Å². The van der Waals surface area contributed by atoms with Gasteiger partial charge in [0.25, 0.3) is 0 Å². The molecule has 114 valence electrons. The lowest BCUT2D eigenvalue weighted by molar-refractivity contribution is 0.0607. The fourth-order valence-electron chi connectivity index (χ4n) is 1.52. The summed E-state index contributed by atoms with van der Waals surface area (Å²) in [7, 11) is 1.33. The molecule has 0 unspecified atom stereocenters. The van der Waals surface area contributed by atoms with E-state index >= 15 is 0 Å². The van der Waals surface area contributed by atoms with E-state index in [1.165, 1.54) is 18.4 Å². The maximum Gasteiger partial charge on any atom is 0.350 e. The molecule has 1 aromatic heterocycles. The predicted octanol–water partition coefficient (Wildman–Crippen LogP) is 2.35. The van der Waals surface area contributed by atoms with Crippen LogP contribution in [0.15, 0.2) is 0 Å². The molecule has 0 saturated heterocycles. The van der Waals surface area contributed by atoms with Crippen LogP contribution < -0.4 is 15.8 Å². The smallest absolute Gasteiger partial charge is 0.350 e. The van der Waals surface area contributed by atoms with Crippen LogP contribution >= 0.6 is 11.3 Å². The number of nitrogen functional groups attached to an aromatic ring is 1. The van der Waals surface area contributed by atoms with Gasteiger partial charge in [-0.1, -0.05) is 0 Å². The van der Waals surface area contributed by atoms with Crippen molar-refractivity contribution in [2.75, 3.05) is 37.9 Å². The molecule has 0 spiro atoms. The van der Waals surface area contributed by atoms with Crippen molar-refractivity contribution in [3.05, 3.63) is 4.88 Å². The van der Waals surface area contributed by atoms with Crippen LogP contribution in [0.4, 0.5) is 10.7 Å². The third-order valence-corrected chi connectivity index (χ3v) is 3.48. The van der Waals surface area contributed by atoms with E-state index < -0.39 is 5.97 Å². The molecule has 3 N–H and O–H groups in total. The highest BCUT2D eigenvalue weighted by atomic mass is 32.1. The molecule has 1 rings (SSSR count). The molecule has 0 atom stereocenters. The van der Waals surface area contributed by atoms with Gasteiger partial charge in [-0.05, 0) is 20.8 Å². The van der Waals surface area contributed by atoms with Crippen LogP contribution in [-0.2, 0) is 9.47 Å². The third kappa shape index (κ3) is 4.28. The Morgan fingerprint density at radius 2 is 2.15 bits per heavy atom. The molecule has 0 amide bonds. The van der Waals surface area contributed by atoms with Crippen molar-refractivity contribution in [2.24, 2.45) is 0 Å². The molecule has 0 aromatic carbocycles.